The number of imidazole rings is 2. The number of halogens is 4. The summed E-state index contributed by atoms with van der Waals surface area (Å²) in [6, 6.07) is 7.27. The lowest BCUT2D eigenvalue weighted by atomic mass is 9.83. The molecular weight excluding hydrogens is 652 g/mol. The molecule has 1 aromatic carbocycles. The summed E-state index contributed by atoms with van der Waals surface area (Å²) < 4.78 is 54.1. The number of carbonyl (C=O) groups is 2. The third-order valence-electron chi connectivity index (χ3n) is 9.68. The summed E-state index contributed by atoms with van der Waals surface area (Å²) in [6.07, 6.45) is 6.21. The first-order valence-corrected chi connectivity index (χ1v) is 17.0. The van der Waals surface area contributed by atoms with Gasteiger partial charge in [0.25, 0.3) is 0 Å². The van der Waals surface area contributed by atoms with Crippen LogP contribution in [0.15, 0.2) is 49.1 Å². The van der Waals surface area contributed by atoms with E-state index in [2.05, 4.69) is 40.5 Å². The Bertz CT molecular complexity index is 1780. The van der Waals surface area contributed by atoms with Crippen LogP contribution in [0, 0.1) is 17.3 Å². The van der Waals surface area contributed by atoms with Gasteiger partial charge in [-0.05, 0) is 36.7 Å². The zero-order valence-corrected chi connectivity index (χ0v) is 28.3. The van der Waals surface area contributed by atoms with Gasteiger partial charge in [-0.2, -0.15) is 0 Å². The van der Waals surface area contributed by atoms with E-state index in [1.807, 2.05) is 45.0 Å². The Morgan fingerprint density at radius 1 is 0.740 bits per heavy atom. The van der Waals surface area contributed by atoms with Gasteiger partial charge in [-0.25, -0.2) is 27.5 Å². The van der Waals surface area contributed by atoms with E-state index >= 15 is 0 Å². The number of amides is 2. The minimum atomic E-state index is -2.69. The van der Waals surface area contributed by atoms with Crippen LogP contribution in [-0.2, 0) is 16.1 Å². The van der Waals surface area contributed by atoms with Crippen molar-refractivity contribution in [1.82, 2.24) is 40.5 Å². The third kappa shape index (κ3) is 8.39. The first-order valence-electron chi connectivity index (χ1n) is 17.0. The molecular formula is C36H42F4N8O2. The molecule has 4 N–H and O–H groups in total. The van der Waals surface area contributed by atoms with Crippen LogP contribution < -0.4 is 10.6 Å². The van der Waals surface area contributed by atoms with E-state index < -0.39 is 29.7 Å². The number of benzene rings is 1. The molecule has 0 spiro atoms. The number of hydrogen-bond donors (Lipinski definition) is 4. The topological polar surface area (TPSA) is 141 Å². The fourth-order valence-electron chi connectivity index (χ4n) is 6.52. The van der Waals surface area contributed by atoms with E-state index in [1.54, 1.807) is 24.8 Å². The Kier molecular flexibility index (Phi) is 9.82. The highest BCUT2D eigenvalue weighted by molar-refractivity contribution is 5.79. The number of carbonyl (C=O) groups excluding carboxylic acids is 2. The van der Waals surface area contributed by atoms with Crippen LogP contribution in [0.3, 0.4) is 0 Å². The van der Waals surface area contributed by atoms with Gasteiger partial charge in [-0.3, -0.25) is 19.6 Å². The van der Waals surface area contributed by atoms with Gasteiger partial charge in [0.1, 0.15) is 17.3 Å². The first-order chi connectivity index (χ1) is 23.7. The van der Waals surface area contributed by atoms with E-state index in [4.69, 9.17) is 0 Å². The molecule has 50 heavy (non-hydrogen) atoms. The Balaban J connectivity index is 1.05. The highest BCUT2D eigenvalue weighted by Crippen LogP contribution is 2.39. The predicted octanol–water partition coefficient (Wildman–Crippen LogP) is 7.39. The Hall–Kier alpha value is -4.62. The maximum absolute atomic E-state index is 13.6. The molecule has 10 nitrogen and oxygen atoms in total. The molecule has 2 saturated carbocycles. The Morgan fingerprint density at radius 2 is 1.28 bits per heavy atom. The van der Waals surface area contributed by atoms with Crippen molar-refractivity contribution in [2.75, 3.05) is 0 Å². The molecule has 6 rings (SSSR count). The van der Waals surface area contributed by atoms with Crippen molar-refractivity contribution in [3.05, 3.63) is 60.7 Å². The van der Waals surface area contributed by atoms with Crippen LogP contribution in [0.1, 0.15) is 89.8 Å². The SMILES string of the molecule is CC(C)(C)C(NC(=O)C1CCC(F)(F)CC1)c1ncc(-c2ccc(-c3cnc(-c4cnc(CNC(=O)C5CCC(F)(F)CC5)[nH]4)cn3)cc2)[nH]1. The van der Waals surface area contributed by atoms with Gasteiger partial charge in [-0.1, -0.05) is 45.0 Å². The van der Waals surface area contributed by atoms with E-state index in [9.17, 15) is 27.2 Å². The molecule has 0 radical (unpaired) electrons. The molecule has 1 unspecified atom stereocenters. The van der Waals surface area contributed by atoms with E-state index in [-0.39, 0.29) is 75.1 Å². The molecule has 2 aliphatic carbocycles. The quantitative estimate of drug-likeness (QED) is 0.135. The summed E-state index contributed by atoms with van der Waals surface area (Å²) in [7, 11) is 0. The van der Waals surface area contributed by atoms with Gasteiger partial charge >= 0.3 is 0 Å². The molecule has 0 bridgehead atoms. The maximum Gasteiger partial charge on any atom is 0.248 e. The van der Waals surface area contributed by atoms with E-state index in [1.165, 1.54) is 0 Å². The molecule has 1 atom stereocenters. The molecule has 2 fully saturated rings. The van der Waals surface area contributed by atoms with Gasteiger partial charge in [0.2, 0.25) is 23.7 Å². The number of aromatic amines is 2. The fraction of sp³-hybridized carbons (Fsp3) is 0.500. The zero-order valence-electron chi connectivity index (χ0n) is 28.3. The van der Waals surface area contributed by atoms with Crippen molar-refractivity contribution in [3.63, 3.8) is 0 Å². The molecule has 266 valence electrons. The fourth-order valence-corrected chi connectivity index (χ4v) is 6.52. The highest BCUT2D eigenvalue weighted by atomic mass is 19.3. The lowest BCUT2D eigenvalue weighted by Gasteiger charge is -2.33. The minimum absolute atomic E-state index is 0.150. The minimum Gasteiger partial charge on any atom is -0.349 e. The zero-order chi connectivity index (χ0) is 35.7. The van der Waals surface area contributed by atoms with Crippen molar-refractivity contribution in [2.45, 2.75) is 96.6 Å². The number of nitrogens with one attached hydrogen (secondary N) is 4. The van der Waals surface area contributed by atoms with Gasteiger partial charge in [0.15, 0.2) is 0 Å². The second kappa shape index (κ2) is 13.9. The van der Waals surface area contributed by atoms with Crippen molar-refractivity contribution < 1.29 is 27.2 Å². The normalized spacial score (nSPS) is 18.8. The van der Waals surface area contributed by atoms with Gasteiger partial charge in [0.05, 0.1) is 54.5 Å². The number of hydrogen-bond acceptors (Lipinski definition) is 6. The van der Waals surface area contributed by atoms with E-state index in [0.717, 1.165) is 16.8 Å². The number of rotatable bonds is 9. The van der Waals surface area contributed by atoms with Gasteiger partial charge in [0, 0.05) is 43.1 Å². The van der Waals surface area contributed by atoms with Crippen molar-refractivity contribution in [2.24, 2.45) is 17.3 Å². The smallest absolute Gasteiger partial charge is 0.248 e. The summed E-state index contributed by atoms with van der Waals surface area (Å²) in [6.45, 7) is 6.13. The van der Waals surface area contributed by atoms with Crippen molar-refractivity contribution in [3.8, 4) is 33.9 Å². The molecule has 3 aromatic heterocycles. The standard InChI is InChI=1S/C36H42F4N8O2/c1-34(2,3)30(48-33(50)24-10-14-36(39,40)15-11-24)31-44-17-26(47-31)22-6-4-21(5-7-22)25-16-42-27(18-41-25)28-19-43-29(46-28)20-45-32(49)23-8-12-35(37,38)13-9-23/h4-7,16-19,23-24,30H,8-15,20H2,1-3H3,(H,43,46)(H,44,47)(H,45,49)(H,48,50). The lowest BCUT2D eigenvalue weighted by molar-refractivity contribution is -0.131. The Morgan fingerprint density at radius 3 is 1.86 bits per heavy atom. The maximum atomic E-state index is 13.6. The predicted molar refractivity (Wildman–Crippen MR) is 179 cm³/mol. The number of alkyl halides is 4. The molecule has 2 amide bonds. The summed E-state index contributed by atoms with van der Waals surface area (Å²) in [5, 5.41) is 5.86. The third-order valence-corrected chi connectivity index (χ3v) is 9.68. The largest absolute Gasteiger partial charge is 0.349 e. The number of nitrogens with zero attached hydrogens (tertiary/aromatic N) is 4. The Labute approximate surface area is 287 Å². The van der Waals surface area contributed by atoms with Crippen LogP contribution in [0.2, 0.25) is 0 Å². The molecule has 0 saturated heterocycles. The summed E-state index contributed by atoms with van der Waals surface area (Å²) in [4.78, 5) is 50.0. The first kappa shape index (κ1) is 35.2. The van der Waals surface area contributed by atoms with Crippen LogP contribution >= 0.6 is 0 Å². The molecule has 2 aliphatic rings. The van der Waals surface area contributed by atoms with Crippen LogP contribution in [0.4, 0.5) is 17.6 Å². The van der Waals surface area contributed by atoms with Crippen molar-refractivity contribution >= 4 is 11.8 Å². The summed E-state index contributed by atoms with van der Waals surface area (Å²) in [5.41, 5.74) is 3.96. The lowest BCUT2D eigenvalue weighted by Crippen LogP contribution is -2.42. The van der Waals surface area contributed by atoms with Gasteiger partial charge in [-0.15, -0.1) is 0 Å². The van der Waals surface area contributed by atoms with Crippen LogP contribution in [0.5, 0.6) is 0 Å². The van der Waals surface area contributed by atoms with Crippen molar-refractivity contribution in [1.29, 1.82) is 0 Å². The highest BCUT2D eigenvalue weighted by Gasteiger charge is 2.40. The molecule has 14 heteroatoms. The number of H-pyrrole nitrogens is 2. The average Bonchev–Trinajstić information content (AvgIpc) is 3.76. The van der Waals surface area contributed by atoms with E-state index in [0.29, 0.717) is 28.7 Å². The molecule has 0 aliphatic heterocycles. The second-order valence-electron chi connectivity index (χ2n) is 14.6. The number of aromatic nitrogens is 6. The summed E-state index contributed by atoms with van der Waals surface area (Å²) in [5.74, 6) is -5.58. The molecule has 4 aromatic rings. The van der Waals surface area contributed by atoms with Crippen LogP contribution in [0.25, 0.3) is 33.9 Å². The second-order valence-corrected chi connectivity index (χ2v) is 14.6. The summed E-state index contributed by atoms with van der Waals surface area (Å²) >= 11 is 0. The molecule has 3 heterocycles. The monoisotopic (exact) mass is 694 g/mol. The van der Waals surface area contributed by atoms with Gasteiger partial charge < -0.3 is 20.6 Å². The van der Waals surface area contributed by atoms with Crippen LogP contribution in [-0.4, -0.2) is 53.6 Å². The average molecular weight is 695 g/mol.